The van der Waals surface area contributed by atoms with Crippen LogP contribution in [0.15, 0.2) is 18.3 Å². The lowest BCUT2D eigenvalue weighted by molar-refractivity contribution is 0.315. The van der Waals surface area contributed by atoms with E-state index in [1.54, 1.807) is 0 Å². The van der Waals surface area contributed by atoms with Crippen LogP contribution in [0.4, 0.5) is 5.82 Å². The standard InChI is InChI=1S/C13H22N4/c1-10(14)11-4-6-15-13(8-11)17-7-5-12(9-17)16(2)3/h4,6,8,10,12H,5,7,9,14H2,1-3H3/t10-,12-/m1/s1. The molecule has 4 nitrogen and oxygen atoms in total. The number of aromatic nitrogens is 1. The molecule has 0 spiro atoms. The lowest BCUT2D eigenvalue weighted by atomic mass is 10.1. The summed E-state index contributed by atoms with van der Waals surface area (Å²) in [5.74, 6) is 1.06. The Balaban J connectivity index is 2.11. The van der Waals surface area contributed by atoms with Crippen LogP contribution in [-0.4, -0.2) is 43.1 Å². The normalized spacial score (nSPS) is 22.2. The number of rotatable bonds is 3. The minimum atomic E-state index is 0.0731. The van der Waals surface area contributed by atoms with Crippen molar-refractivity contribution in [1.82, 2.24) is 9.88 Å². The molecule has 1 aliphatic heterocycles. The van der Waals surface area contributed by atoms with E-state index in [4.69, 9.17) is 5.73 Å². The molecule has 94 valence electrons. The third-order valence-electron chi connectivity index (χ3n) is 3.51. The predicted octanol–water partition coefficient (Wildman–Crippen LogP) is 1.24. The van der Waals surface area contributed by atoms with Crippen LogP contribution in [0.3, 0.4) is 0 Å². The van der Waals surface area contributed by atoms with Gasteiger partial charge in [-0.2, -0.15) is 0 Å². The van der Waals surface area contributed by atoms with E-state index < -0.39 is 0 Å². The van der Waals surface area contributed by atoms with Crippen LogP contribution in [-0.2, 0) is 0 Å². The predicted molar refractivity (Wildman–Crippen MR) is 71.1 cm³/mol. The fraction of sp³-hybridized carbons (Fsp3) is 0.615. The highest BCUT2D eigenvalue weighted by Gasteiger charge is 2.24. The Morgan fingerprint density at radius 1 is 1.53 bits per heavy atom. The van der Waals surface area contributed by atoms with Crippen LogP contribution in [0.5, 0.6) is 0 Å². The molecule has 2 rings (SSSR count). The van der Waals surface area contributed by atoms with Crippen LogP contribution in [0.25, 0.3) is 0 Å². The molecule has 17 heavy (non-hydrogen) atoms. The summed E-state index contributed by atoms with van der Waals surface area (Å²) in [4.78, 5) is 9.08. The molecule has 0 aromatic carbocycles. The second-order valence-corrected chi connectivity index (χ2v) is 5.09. The van der Waals surface area contributed by atoms with Crippen molar-refractivity contribution in [3.05, 3.63) is 23.9 Å². The fourth-order valence-electron chi connectivity index (χ4n) is 2.26. The molecule has 4 heteroatoms. The summed E-state index contributed by atoms with van der Waals surface area (Å²) in [7, 11) is 4.28. The minimum absolute atomic E-state index is 0.0731. The highest BCUT2D eigenvalue weighted by Crippen LogP contribution is 2.22. The Kier molecular flexibility index (Phi) is 3.64. The highest BCUT2D eigenvalue weighted by molar-refractivity contribution is 5.43. The summed E-state index contributed by atoms with van der Waals surface area (Å²) in [6, 6.07) is 4.82. The van der Waals surface area contributed by atoms with E-state index >= 15 is 0 Å². The van der Waals surface area contributed by atoms with Gasteiger partial charge in [-0.1, -0.05) is 0 Å². The van der Waals surface area contributed by atoms with E-state index in [1.807, 2.05) is 19.2 Å². The second kappa shape index (κ2) is 5.02. The van der Waals surface area contributed by atoms with Crippen LogP contribution in [0.1, 0.15) is 24.9 Å². The van der Waals surface area contributed by atoms with Crippen molar-refractivity contribution in [1.29, 1.82) is 0 Å². The first-order valence-electron chi connectivity index (χ1n) is 6.21. The van der Waals surface area contributed by atoms with Gasteiger partial charge in [-0.05, 0) is 45.1 Å². The zero-order chi connectivity index (χ0) is 12.4. The van der Waals surface area contributed by atoms with Gasteiger partial charge in [0.05, 0.1) is 0 Å². The van der Waals surface area contributed by atoms with Gasteiger partial charge >= 0.3 is 0 Å². The van der Waals surface area contributed by atoms with E-state index in [9.17, 15) is 0 Å². The molecule has 2 N–H and O–H groups in total. The van der Waals surface area contributed by atoms with E-state index in [1.165, 1.54) is 6.42 Å². The van der Waals surface area contributed by atoms with Crippen molar-refractivity contribution in [3.63, 3.8) is 0 Å². The monoisotopic (exact) mass is 234 g/mol. The summed E-state index contributed by atoms with van der Waals surface area (Å²) in [5, 5.41) is 0. The number of likely N-dealkylation sites (N-methyl/N-ethyl adjacent to an activating group) is 1. The number of hydrogen-bond acceptors (Lipinski definition) is 4. The lowest BCUT2D eigenvalue weighted by Crippen LogP contribution is -2.31. The zero-order valence-electron chi connectivity index (χ0n) is 10.9. The Morgan fingerprint density at radius 2 is 2.29 bits per heavy atom. The summed E-state index contributed by atoms with van der Waals surface area (Å²) < 4.78 is 0. The molecule has 0 amide bonds. The number of nitrogens with two attached hydrogens (primary N) is 1. The summed E-state index contributed by atoms with van der Waals surface area (Å²) in [5.41, 5.74) is 7.06. The van der Waals surface area contributed by atoms with E-state index in [0.29, 0.717) is 6.04 Å². The first-order chi connectivity index (χ1) is 8.08. The molecule has 1 saturated heterocycles. The Bertz CT molecular complexity index is 375. The highest BCUT2D eigenvalue weighted by atomic mass is 15.3. The van der Waals surface area contributed by atoms with Crippen LogP contribution in [0, 0.1) is 0 Å². The van der Waals surface area contributed by atoms with Crippen molar-refractivity contribution in [2.75, 3.05) is 32.1 Å². The molecular formula is C13H22N4. The largest absolute Gasteiger partial charge is 0.355 e. The maximum atomic E-state index is 5.90. The summed E-state index contributed by atoms with van der Waals surface area (Å²) in [6.07, 6.45) is 3.06. The number of nitrogens with zero attached hydrogens (tertiary/aromatic N) is 3. The van der Waals surface area contributed by atoms with Gasteiger partial charge in [0, 0.05) is 31.4 Å². The molecule has 1 aliphatic rings. The van der Waals surface area contributed by atoms with Gasteiger partial charge in [0.15, 0.2) is 0 Å². The molecule has 0 bridgehead atoms. The van der Waals surface area contributed by atoms with Crippen molar-refractivity contribution in [2.24, 2.45) is 5.73 Å². The fourth-order valence-corrected chi connectivity index (χ4v) is 2.26. The molecule has 1 aromatic rings. The zero-order valence-corrected chi connectivity index (χ0v) is 10.9. The molecule has 0 radical (unpaired) electrons. The molecule has 2 heterocycles. The maximum Gasteiger partial charge on any atom is 0.128 e. The molecule has 0 saturated carbocycles. The number of hydrogen-bond donors (Lipinski definition) is 1. The second-order valence-electron chi connectivity index (χ2n) is 5.09. The van der Waals surface area contributed by atoms with Gasteiger partial charge in [-0.15, -0.1) is 0 Å². The van der Waals surface area contributed by atoms with E-state index in [2.05, 4.69) is 34.9 Å². The third kappa shape index (κ3) is 2.76. The maximum absolute atomic E-state index is 5.90. The topological polar surface area (TPSA) is 45.4 Å². The van der Waals surface area contributed by atoms with Gasteiger partial charge in [-0.25, -0.2) is 4.98 Å². The Labute approximate surface area is 103 Å². The third-order valence-corrected chi connectivity index (χ3v) is 3.51. The minimum Gasteiger partial charge on any atom is -0.355 e. The van der Waals surface area contributed by atoms with Gasteiger partial charge in [0.2, 0.25) is 0 Å². The molecule has 0 aliphatic carbocycles. The Hall–Kier alpha value is -1.13. The Morgan fingerprint density at radius 3 is 2.88 bits per heavy atom. The van der Waals surface area contributed by atoms with Crippen molar-refractivity contribution < 1.29 is 0 Å². The van der Waals surface area contributed by atoms with Crippen LogP contribution >= 0.6 is 0 Å². The molecule has 1 fully saturated rings. The number of pyridine rings is 1. The van der Waals surface area contributed by atoms with Crippen molar-refractivity contribution in [2.45, 2.75) is 25.4 Å². The quantitative estimate of drug-likeness (QED) is 0.855. The first-order valence-corrected chi connectivity index (χ1v) is 6.21. The lowest BCUT2D eigenvalue weighted by Gasteiger charge is -2.21. The van der Waals surface area contributed by atoms with Crippen LogP contribution in [0.2, 0.25) is 0 Å². The van der Waals surface area contributed by atoms with Gasteiger partial charge in [0.25, 0.3) is 0 Å². The van der Waals surface area contributed by atoms with Crippen molar-refractivity contribution in [3.8, 4) is 0 Å². The van der Waals surface area contributed by atoms with E-state index in [0.717, 1.165) is 24.5 Å². The van der Waals surface area contributed by atoms with Crippen LogP contribution < -0.4 is 10.6 Å². The van der Waals surface area contributed by atoms with Gasteiger partial charge < -0.3 is 15.5 Å². The molecule has 1 aromatic heterocycles. The van der Waals surface area contributed by atoms with Gasteiger partial charge in [0.1, 0.15) is 5.82 Å². The average molecular weight is 234 g/mol. The van der Waals surface area contributed by atoms with Crippen molar-refractivity contribution >= 4 is 5.82 Å². The first kappa shape index (κ1) is 12.3. The summed E-state index contributed by atoms with van der Waals surface area (Å²) >= 11 is 0. The molecule has 0 unspecified atom stereocenters. The smallest absolute Gasteiger partial charge is 0.128 e. The molecule has 2 atom stereocenters. The molecular weight excluding hydrogens is 212 g/mol. The average Bonchev–Trinajstić information content (AvgIpc) is 2.78. The van der Waals surface area contributed by atoms with E-state index in [-0.39, 0.29) is 6.04 Å². The van der Waals surface area contributed by atoms with Gasteiger partial charge in [-0.3, -0.25) is 0 Å². The summed E-state index contributed by atoms with van der Waals surface area (Å²) in [6.45, 7) is 4.15. The number of anilines is 1. The SMILES string of the molecule is C[C@@H](N)c1ccnc(N2CC[C@@H](N(C)C)C2)c1.